The topological polar surface area (TPSA) is 75.0 Å². The summed E-state index contributed by atoms with van der Waals surface area (Å²) in [6.07, 6.45) is 5.32. The number of likely N-dealkylation sites (tertiary alicyclic amines) is 1. The van der Waals surface area contributed by atoms with Gasteiger partial charge in [0.25, 0.3) is 0 Å². The highest BCUT2D eigenvalue weighted by molar-refractivity contribution is 5.85. The van der Waals surface area contributed by atoms with Crippen LogP contribution in [0.4, 0.5) is 0 Å². The second-order valence-corrected chi connectivity index (χ2v) is 7.98. The molecule has 0 saturated carbocycles. The molecule has 2 aliphatic heterocycles. The minimum Gasteiger partial charge on any atom is -0.376 e. The summed E-state index contributed by atoms with van der Waals surface area (Å²) < 4.78 is 7.86. The number of guanidine groups is 1. The Labute approximate surface area is 171 Å². The van der Waals surface area contributed by atoms with Gasteiger partial charge in [0, 0.05) is 45.7 Å². The molecule has 1 N–H and O–H groups in total. The second kappa shape index (κ2) is 8.82. The number of nitrogens with zero attached hydrogens (tertiary/aromatic N) is 5. The van der Waals surface area contributed by atoms with E-state index in [-0.39, 0.29) is 24.6 Å². The van der Waals surface area contributed by atoms with Gasteiger partial charge in [-0.3, -0.25) is 9.48 Å². The zero-order valence-corrected chi connectivity index (χ0v) is 17.3. The van der Waals surface area contributed by atoms with Gasteiger partial charge in [-0.1, -0.05) is 18.2 Å². The zero-order chi connectivity index (χ0) is 20.2. The van der Waals surface area contributed by atoms with E-state index < -0.39 is 0 Å². The minimum atomic E-state index is -0.00441. The lowest BCUT2D eigenvalue weighted by Crippen LogP contribution is -2.44. The van der Waals surface area contributed by atoms with E-state index in [4.69, 9.17) is 4.74 Å². The van der Waals surface area contributed by atoms with Crippen LogP contribution in [-0.4, -0.2) is 84.4 Å². The number of aromatic nitrogens is 2. The van der Waals surface area contributed by atoms with Crippen molar-refractivity contribution in [1.29, 1.82) is 0 Å². The number of nitrogens with one attached hydrogen (secondary N) is 1. The molecule has 2 unspecified atom stereocenters. The summed E-state index contributed by atoms with van der Waals surface area (Å²) in [5, 5.41) is 9.24. The first-order valence-corrected chi connectivity index (χ1v) is 10.4. The number of hydrogen-bond donors (Lipinski definition) is 1. The molecule has 0 spiro atoms. The van der Waals surface area contributed by atoms with Gasteiger partial charge in [-0.2, -0.15) is 5.10 Å². The van der Waals surface area contributed by atoms with Crippen molar-refractivity contribution in [3.05, 3.63) is 30.5 Å². The van der Waals surface area contributed by atoms with Crippen LogP contribution in [-0.2, 0) is 9.53 Å². The molecule has 0 bridgehead atoms. The van der Waals surface area contributed by atoms with E-state index in [0.717, 1.165) is 62.4 Å². The van der Waals surface area contributed by atoms with E-state index in [1.807, 2.05) is 12.3 Å². The summed E-state index contributed by atoms with van der Waals surface area (Å²) in [5.41, 5.74) is 1.16. The summed E-state index contributed by atoms with van der Waals surface area (Å²) in [6, 6.07) is 8.58. The van der Waals surface area contributed by atoms with Crippen LogP contribution in [0.3, 0.4) is 0 Å². The highest BCUT2D eigenvalue weighted by Gasteiger charge is 2.28. The molecule has 4 rings (SSSR count). The normalized spacial score (nSPS) is 22.4. The Balaban J connectivity index is 1.46. The smallest absolute Gasteiger partial charge is 0.243 e. The van der Waals surface area contributed by atoms with Gasteiger partial charge in [0.2, 0.25) is 5.91 Å². The van der Waals surface area contributed by atoms with Gasteiger partial charge in [0.05, 0.1) is 23.9 Å². The summed E-state index contributed by atoms with van der Waals surface area (Å²) in [6.45, 7) is 3.40. The van der Waals surface area contributed by atoms with E-state index in [0.29, 0.717) is 0 Å². The third-order valence-electron chi connectivity index (χ3n) is 5.69. The number of amides is 1. The van der Waals surface area contributed by atoms with Crippen molar-refractivity contribution in [1.82, 2.24) is 24.9 Å². The summed E-state index contributed by atoms with van der Waals surface area (Å²) in [5.74, 6) is 0.782. The van der Waals surface area contributed by atoms with E-state index in [1.54, 1.807) is 19.0 Å². The number of ether oxygens (including phenoxy) is 1. The van der Waals surface area contributed by atoms with Gasteiger partial charge < -0.3 is 19.9 Å². The lowest BCUT2D eigenvalue weighted by atomic mass is 10.2. The maximum atomic E-state index is 12.1. The number of rotatable bonds is 5. The summed E-state index contributed by atoms with van der Waals surface area (Å²) in [4.78, 5) is 20.5. The molecule has 8 nitrogen and oxygen atoms in total. The van der Waals surface area contributed by atoms with Crippen molar-refractivity contribution in [2.75, 3.05) is 46.9 Å². The lowest BCUT2D eigenvalue weighted by molar-refractivity contribution is -0.127. The predicted octanol–water partition coefficient (Wildman–Crippen LogP) is 1.50. The van der Waals surface area contributed by atoms with Gasteiger partial charge in [-0.25, -0.2) is 4.99 Å². The number of carbonyl (C=O) groups excluding carboxylic acids is 1. The Morgan fingerprint density at radius 2 is 2.21 bits per heavy atom. The van der Waals surface area contributed by atoms with Crippen molar-refractivity contribution < 1.29 is 9.53 Å². The van der Waals surface area contributed by atoms with E-state index in [9.17, 15) is 4.79 Å². The fourth-order valence-corrected chi connectivity index (χ4v) is 3.98. The van der Waals surface area contributed by atoms with Crippen LogP contribution in [0.25, 0.3) is 10.9 Å². The van der Waals surface area contributed by atoms with E-state index in [1.165, 1.54) is 0 Å². The van der Waals surface area contributed by atoms with Crippen LogP contribution < -0.4 is 5.32 Å². The maximum Gasteiger partial charge on any atom is 0.243 e. The fourth-order valence-electron chi connectivity index (χ4n) is 3.98. The van der Waals surface area contributed by atoms with E-state index >= 15 is 0 Å². The van der Waals surface area contributed by atoms with Crippen LogP contribution in [0.15, 0.2) is 35.5 Å². The molecular weight excluding hydrogens is 368 g/mol. The average molecular weight is 399 g/mol. The van der Waals surface area contributed by atoms with Crippen LogP contribution >= 0.6 is 0 Å². The van der Waals surface area contributed by atoms with Crippen LogP contribution in [0.5, 0.6) is 0 Å². The number of aliphatic imine (C=N–C) groups is 1. The molecule has 2 aliphatic rings. The number of likely N-dealkylation sites (N-methyl/N-ethyl adjacent to an activating group) is 1. The van der Waals surface area contributed by atoms with E-state index in [2.05, 4.69) is 43.2 Å². The number of benzene rings is 1. The van der Waals surface area contributed by atoms with Crippen molar-refractivity contribution in [2.24, 2.45) is 4.99 Å². The number of fused-ring (bicyclic) bond motifs is 1. The Kier molecular flexibility index (Phi) is 5.99. The first-order chi connectivity index (χ1) is 14.1. The third-order valence-corrected chi connectivity index (χ3v) is 5.69. The molecule has 2 atom stereocenters. The summed E-state index contributed by atoms with van der Waals surface area (Å²) >= 11 is 0. The number of carbonyl (C=O) groups is 1. The van der Waals surface area contributed by atoms with Crippen molar-refractivity contribution in [2.45, 2.75) is 31.4 Å². The second-order valence-electron chi connectivity index (χ2n) is 7.98. The molecule has 3 heterocycles. The Hall–Kier alpha value is -2.61. The molecule has 156 valence electrons. The van der Waals surface area contributed by atoms with Gasteiger partial charge in [-0.05, 0) is 25.3 Å². The molecule has 1 aromatic heterocycles. The highest BCUT2D eigenvalue weighted by atomic mass is 16.5. The maximum absolute atomic E-state index is 12.1. The molecule has 0 radical (unpaired) electrons. The molecular formula is C21H30N6O2. The molecule has 8 heteroatoms. The van der Waals surface area contributed by atoms with Crippen molar-refractivity contribution >= 4 is 22.8 Å². The lowest BCUT2D eigenvalue weighted by Gasteiger charge is -2.24. The van der Waals surface area contributed by atoms with Gasteiger partial charge >= 0.3 is 0 Å². The first-order valence-electron chi connectivity index (χ1n) is 10.4. The predicted molar refractivity (Wildman–Crippen MR) is 113 cm³/mol. The van der Waals surface area contributed by atoms with Gasteiger partial charge in [-0.15, -0.1) is 0 Å². The number of para-hydroxylation sites is 1. The molecule has 2 fully saturated rings. The highest BCUT2D eigenvalue weighted by Crippen LogP contribution is 2.25. The molecule has 29 heavy (non-hydrogen) atoms. The standard InChI is InChI=1S/C21H30N6O2/c1-25(2)20(28)14-23-21(22-13-18-7-5-11-29-18)26-10-9-17(15-26)27-19-8-4-3-6-16(19)12-24-27/h3-4,6,8,12,17-18H,5,7,9-11,13-15H2,1-2H3,(H,22,23). The molecule has 2 saturated heterocycles. The molecule has 0 aliphatic carbocycles. The third kappa shape index (κ3) is 4.53. The van der Waals surface area contributed by atoms with Crippen LogP contribution in [0.2, 0.25) is 0 Å². The van der Waals surface area contributed by atoms with Crippen LogP contribution in [0.1, 0.15) is 25.3 Å². The van der Waals surface area contributed by atoms with Gasteiger partial charge in [0.15, 0.2) is 5.96 Å². The summed E-state index contributed by atoms with van der Waals surface area (Å²) in [7, 11) is 3.51. The fraction of sp³-hybridized carbons (Fsp3) is 0.571. The zero-order valence-electron chi connectivity index (χ0n) is 17.3. The molecule has 1 aromatic carbocycles. The SMILES string of the molecule is CN(C)C(=O)CN=C(NCC1CCCO1)N1CCC(n2ncc3ccccc32)C1. The van der Waals surface area contributed by atoms with Crippen LogP contribution in [0, 0.1) is 0 Å². The van der Waals surface area contributed by atoms with Crippen molar-refractivity contribution in [3.63, 3.8) is 0 Å². The largest absolute Gasteiger partial charge is 0.376 e. The Bertz CT molecular complexity index is 871. The quantitative estimate of drug-likeness (QED) is 0.610. The Morgan fingerprint density at radius 1 is 1.34 bits per heavy atom. The Morgan fingerprint density at radius 3 is 3.00 bits per heavy atom. The average Bonchev–Trinajstić information content (AvgIpc) is 3.47. The van der Waals surface area contributed by atoms with Crippen molar-refractivity contribution in [3.8, 4) is 0 Å². The first kappa shape index (κ1) is 19.7. The number of hydrogen-bond acceptors (Lipinski definition) is 4. The minimum absolute atomic E-state index is 0.00441. The van der Waals surface area contributed by atoms with Gasteiger partial charge in [0.1, 0.15) is 6.54 Å². The monoisotopic (exact) mass is 398 g/mol. The molecule has 1 amide bonds. The molecule has 2 aromatic rings.